The molecule has 0 heterocycles. The first-order valence-corrected chi connectivity index (χ1v) is 6.95. The number of rotatable bonds is 9. The minimum absolute atomic E-state index is 0.275. The Morgan fingerprint density at radius 1 is 1.06 bits per heavy atom. The van der Waals surface area contributed by atoms with Gasteiger partial charge in [0.25, 0.3) is 0 Å². The first-order valence-electron chi connectivity index (χ1n) is 6.95. The summed E-state index contributed by atoms with van der Waals surface area (Å²) in [5.41, 5.74) is 5.45. The van der Waals surface area contributed by atoms with Crippen LogP contribution in [-0.2, 0) is 4.79 Å². The van der Waals surface area contributed by atoms with E-state index in [2.05, 4.69) is 27.7 Å². The normalized spacial score (nSPS) is 11.2. The van der Waals surface area contributed by atoms with Crippen LogP contribution in [0, 0.1) is 11.8 Å². The Labute approximate surface area is 107 Å². The third kappa shape index (κ3) is 9.16. The average Bonchev–Trinajstić information content (AvgIpc) is 2.25. The largest absolute Gasteiger partial charge is 0.343 e. The summed E-state index contributed by atoms with van der Waals surface area (Å²) in [4.78, 5) is 14.0. The van der Waals surface area contributed by atoms with Crippen LogP contribution in [0.5, 0.6) is 0 Å². The van der Waals surface area contributed by atoms with Crippen LogP contribution in [0.15, 0.2) is 0 Å². The van der Waals surface area contributed by atoms with Crippen LogP contribution >= 0.6 is 0 Å². The van der Waals surface area contributed by atoms with Crippen molar-refractivity contribution in [3.8, 4) is 0 Å². The molecule has 0 radical (unpaired) electrons. The standard InChI is InChI=1S/C14H30N2O/c1-12(2)7-10-16(11-8-13(3)4)14(17)6-5-9-15/h12-13H,5-11,15H2,1-4H3. The molecule has 0 aliphatic carbocycles. The molecule has 2 N–H and O–H groups in total. The van der Waals surface area contributed by atoms with Gasteiger partial charge in [0.2, 0.25) is 5.91 Å². The van der Waals surface area contributed by atoms with Crippen LogP contribution in [0.2, 0.25) is 0 Å². The number of carbonyl (C=O) groups is 1. The second-order valence-electron chi connectivity index (χ2n) is 5.64. The molecule has 0 aromatic carbocycles. The highest BCUT2D eigenvalue weighted by atomic mass is 16.2. The smallest absolute Gasteiger partial charge is 0.222 e. The summed E-state index contributed by atoms with van der Waals surface area (Å²) in [5, 5.41) is 0. The van der Waals surface area contributed by atoms with Crippen LogP contribution < -0.4 is 5.73 Å². The van der Waals surface area contributed by atoms with Gasteiger partial charge in [-0.25, -0.2) is 0 Å². The maximum atomic E-state index is 12.0. The van der Waals surface area contributed by atoms with Gasteiger partial charge in [-0.3, -0.25) is 4.79 Å². The topological polar surface area (TPSA) is 46.3 Å². The van der Waals surface area contributed by atoms with E-state index in [1.54, 1.807) is 0 Å². The van der Waals surface area contributed by atoms with Crippen molar-refractivity contribution < 1.29 is 4.79 Å². The van der Waals surface area contributed by atoms with Gasteiger partial charge < -0.3 is 10.6 Å². The summed E-state index contributed by atoms with van der Waals surface area (Å²) < 4.78 is 0. The van der Waals surface area contributed by atoms with Crippen LogP contribution in [0.3, 0.4) is 0 Å². The SMILES string of the molecule is CC(C)CCN(CCC(C)C)C(=O)CCCN. The highest BCUT2D eigenvalue weighted by Crippen LogP contribution is 2.08. The molecule has 17 heavy (non-hydrogen) atoms. The van der Waals surface area contributed by atoms with E-state index >= 15 is 0 Å². The Hall–Kier alpha value is -0.570. The van der Waals surface area contributed by atoms with Crippen molar-refractivity contribution in [3.05, 3.63) is 0 Å². The van der Waals surface area contributed by atoms with E-state index in [-0.39, 0.29) is 5.91 Å². The second kappa shape index (κ2) is 9.46. The van der Waals surface area contributed by atoms with Gasteiger partial charge in [-0.05, 0) is 37.6 Å². The van der Waals surface area contributed by atoms with Gasteiger partial charge in [-0.2, -0.15) is 0 Å². The third-order valence-corrected chi connectivity index (χ3v) is 2.90. The summed E-state index contributed by atoms with van der Waals surface area (Å²) in [6.45, 7) is 11.2. The van der Waals surface area contributed by atoms with Gasteiger partial charge in [0.15, 0.2) is 0 Å². The van der Waals surface area contributed by atoms with E-state index in [1.807, 2.05) is 4.90 Å². The molecule has 0 aromatic rings. The lowest BCUT2D eigenvalue weighted by atomic mass is 10.1. The lowest BCUT2D eigenvalue weighted by molar-refractivity contribution is -0.131. The quantitative estimate of drug-likeness (QED) is 0.675. The Bertz CT molecular complexity index is 190. The molecule has 0 bridgehead atoms. The van der Waals surface area contributed by atoms with Gasteiger partial charge in [0, 0.05) is 19.5 Å². The molecule has 0 atom stereocenters. The third-order valence-electron chi connectivity index (χ3n) is 2.90. The molecule has 3 nitrogen and oxygen atoms in total. The predicted octanol–water partition coefficient (Wildman–Crippen LogP) is 2.65. The number of amides is 1. The maximum absolute atomic E-state index is 12.0. The first kappa shape index (κ1) is 16.4. The maximum Gasteiger partial charge on any atom is 0.222 e. The van der Waals surface area contributed by atoms with Crippen molar-refractivity contribution in [2.45, 2.75) is 53.4 Å². The summed E-state index contributed by atoms with van der Waals surface area (Å²) in [6.07, 6.45) is 3.59. The first-order chi connectivity index (χ1) is 7.97. The molecule has 0 rings (SSSR count). The van der Waals surface area contributed by atoms with Gasteiger partial charge in [-0.15, -0.1) is 0 Å². The Morgan fingerprint density at radius 2 is 1.53 bits per heavy atom. The van der Waals surface area contributed by atoms with E-state index in [0.29, 0.717) is 24.8 Å². The zero-order valence-corrected chi connectivity index (χ0v) is 12.0. The van der Waals surface area contributed by atoms with Gasteiger partial charge in [0.1, 0.15) is 0 Å². The summed E-state index contributed by atoms with van der Waals surface area (Å²) in [6, 6.07) is 0. The zero-order valence-electron chi connectivity index (χ0n) is 12.0. The molecular weight excluding hydrogens is 212 g/mol. The van der Waals surface area contributed by atoms with Crippen LogP contribution in [0.1, 0.15) is 53.4 Å². The summed E-state index contributed by atoms with van der Waals surface area (Å²) >= 11 is 0. The van der Waals surface area contributed by atoms with Crippen molar-refractivity contribution in [1.29, 1.82) is 0 Å². The Balaban J connectivity index is 4.12. The molecule has 0 aliphatic heterocycles. The van der Waals surface area contributed by atoms with Gasteiger partial charge >= 0.3 is 0 Å². The van der Waals surface area contributed by atoms with Crippen molar-refractivity contribution in [2.75, 3.05) is 19.6 Å². The zero-order chi connectivity index (χ0) is 13.3. The highest BCUT2D eigenvalue weighted by Gasteiger charge is 2.13. The molecule has 0 saturated carbocycles. The van der Waals surface area contributed by atoms with Crippen molar-refractivity contribution in [2.24, 2.45) is 17.6 Å². The van der Waals surface area contributed by atoms with E-state index in [9.17, 15) is 4.79 Å². The lowest BCUT2D eigenvalue weighted by Crippen LogP contribution is -2.34. The van der Waals surface area contributed by atoms with Crippen LogP contribution in [-0.4, -0.2) is 30.4 Å². The number of nitrogens with zero attached hydrogens (tertiary/aromatic N) is 1. The highest BCUT2D eigenvalue weighted by molar-refractivity contribution is 5.76. The van der Waals surface area contributed by atoms with Gasteiger partial charge in [0.05, 0.1) is 0 Å². The number of carbonyl (C=O) groups excluding carboxylic acids is 1. The fourth-order valence-electron chi connectivity index (χ4n) is 1.60. The van der Waals surface area contributed by atoms with E-state index in [4.69, 9.17) is 5.73 Å². The van der Waals surface area contributed by atoms with Gasteiger partial charge in [-0.1, -0.05) is 27.7 Å². The van der Waals surface area contributed by atoms with Crippen molar-refractivity contribution >= 4 is 5.91 Å². The molecule has 0 fully saturated rings. The van der Waals surface area contributed by atoms with Crippen molar-refractivity contribution in [3.63, 3.8) is 0 Å². The summed E-state index contributed by atoms with van der Waals surface area (Å²) in [7, 11) is 0. The van der Waals surface area contributed by atoms with Crippen LogP contribution in [0.25, 0.3) is 0 Å². The molecule has 3 heteroatoms. The summed E-state index contributed by atoms with van der Waals surface area (Å²) in [5.74, 6) is 1.58. The van der Waals surface area contributed by atoms with Crippen molar-refractivity contribution in [1.82, 2.24) is 4.90 Å². The predicted molar refractivity (Wildman–Crippen MR) is 73.8 cm³/mol. The number of nitrogens with two attached hydrogens (primary N) is 1. The van der Waals surface area contributed by atoms with E-state index in [1.165, 1.54) is 0 Å². The molecule has 0 unspecified atom stereocenters. The molecule has 0 aromatic heterocycles. The lowest BCUT2D eigenvalue weighted by Gasteiger charge is -2.24. The van der Waals surface area contributed by atoms with E-state index in [0.717, 1.165) is 32.4 Å². The molecule has 102 valence electrons. The fraction of sp³-hybridized carbons (Fsp3) is 0.929. The molecular formula is C14H30N2O. The fourth-order valence-corrected chi connectivity index (χ4v) is 1.60. The average molecular weight is 242 g/mol. The van der Waals surface area contributed by atoms with E-state index < -0.39 is 0 Å². The number of hydrogen-bond donors (Lipinski definition) is 1. The monoisotopic (exact) mass is 242 g/mol. The Morgan fingerprint density at radius 3 is 1.88 bits per heavy atom. The number of hydrogen-bond acceptors (Lipinski definition) is 2. The minimum Gasteiger partial charge on any atom is -0.343 e. The minimum atomic E-state index is 0.275. The second-order valence-corrected chi connectivity index (χ2v) is 5.64. The molecule has 0 aliphatic rings. The molecule has 0 spiro atoms. The Kier molecular flexibility index (Phi) is 9.14. The molecule has 1 amide bonds. The van der Waals surface area contributed by atoms with Crippen LogP contribution in [0.4, 0.5) is 0 Å². The molecule has 0 saturated heterocycles.